The first-order valence-corrected chi connectivity index (χ1v) is 8.50. The Kier molecular flexibility index (Phi) is 7.24. The molecule has 0 aliphatic rings. The van der Waals surface area contributed by atoms with Crippen molar-refractivity contribution in [3.05, 3.63) is 29.3 Å². The summed E-state index contributed by atoms with van der Waals surface area (Å²) in [7, 11) is 0. The molecule has 0 aliphatic carbocycles. The maximum absolute atomic E-state index is 5.94. The molecule has 0 fully saturated rings. The number of rotatable bonds is 8. The van der Waals surface area contributed by atoms with Gasteiger partial charge in [0.2, 0.25) is 0 Å². The Balaban J connectivity index is 3.04. The van der Waals surface area contributed by atoms with E-state index < -0.39 is 0 Å². The van der Waals surface area contributed by atoms with Crippen LogP contribution in [-0.4, -0.2) is 18.6 Å². The SMILES string of the molecule is CCC(CC)N(CC(C)C)c1ccc(CC(C)N)c(C)c1. The minimum atomic E-state index is 0.223. The van der Waals surface area contributed by atoms with Gasteiger partial charge in [-0.3, -0.25) is 0 Å². The summed E-state index contributed by atoms with van der Waals surface area (Å²) in [6, 6.07) is 7.75. The lowest BCUT2D eigenvalue weighted by Crippen LogP contribution is -2.37. The molecule has 1 unspecified atom stereocenters. The zero-order valence-electron chi connectivity index (χ0n) is 14.8. The third kappa shape index (κ3) is 5.35. The van der Waals surface area contributed by atoms with Crippen molar-refractivity contribution in [3.8, 4) is 0 Å². The van der Waals surface area contributed by atoms with E-state index in [1.54, 1.807) is 0 Å². The van der Waals surface area contributed by atoms with Crippen LogP contribution in [-0.2, 0) is 6.42 Å². The van der Waals surface area contributed by atoms with Gasteiger partial charge in [0.15, 0.2) is 0 Å². The van der Waals surface area contributed by atoms with Gasteiger partial charge >= 0.3 is 0 Å². The van der Waals surface area contributed by atoms with E-state index in [1.807, 2.05) is 0 Å². The Bertz CT molecular complexity index is 420. The Hall–Kier alpha value is -1.02. The summed E-state index contributed by atoms with van der Waals surface area (Å²) >= 11 is 0. The zero-order valence-corrected chi connectivity index (χ0v) is 14.8. The Morgan fingerprint density at radius 2 is 1.71 bits per heavy atom. The normalized spacial score (nSPS) is 13.0. The fourth-order valence-electron chi connectivity index (χ4n) is 3.02. The average Bonchev–Trinajstić information content (AvgIpc) is 2.40. The molecular weight excluding hydrogens is 256 g/mol. The van der Waals surface area contributed by atoms with Gasteiger partial charge in [-0.15, -0.1) is 0 Å². The molecule has 0 aliphatic heterocycles. The van der Waals surface area contributed by atoms with Crippen LogP contribution >= 0.6 is 0 Å². The minimum Gasteiger partial charge on any atom is -0.368 e. The van der Waals surface area contributed by atoms with Crippen molar-refractivity contribution in [1.29, 1.82) is 0 Å². The first-order valence-electron chi connectivity index (χ1n) is 8.50. The summed E-state index contributed by atoms with van der Waals surface area (Å²) in [5.41, 5.74) is 10.0. The predicted octanol–water partition coefficient (Wildman–Crippen LogP) is 4.54. The minimum absolute atomic E-state index is 0.223. The highest BCUT2D eigenvalue weighted by Gasteiger charge is 2.17. The zero-order chi connectivity index (χ0) is 16.0. The van der Waals surface area contributed by atoms with E-state index in [9.17, 15) is 0 Å². The van der Waals surface area contributed by atoms with Gasteiger partial charge < -0.3 is 10.6 Å². The summed E-state index contributed by atoms with van der Waals surface area (Å²) in [6.07, 6.45) is 3.36. The van der Waals surface area contributed by atoms with Gasteiger partial charge in [-0.05, 0) is 62.3 Å². The molecule has 1 aromatic carbocycles. The lowest BCUT2D eigenvalue weighted by Gasteiger charge is -2.34. The molecule has 1 atom stereocenters. The maximum Gasteiger partial charge on any atom is 0.0371 e. The Morgan fingerprint density at radius 1 is 1.10 bits per heavy atom. The number of hydrogen-bond donors (Lipinski definition) is 1. The molecule has 0 spiro atoms. The predicted molar refractivity (Wildman–Crippen MR) is 95.1 cm³/mol. The molecule has 0 radical (unpaired) electrons. The molecule has 0 amide bonds. The second-order valence-electron chi connectivity index (χ2n) is 6.81. The molecular formula is C19H34N2. The van der Waals surface area contributed by atoms with E-state index in [-0.39, 0.29) is 6.04 Å². The topological polar surface area (TPSA) is 29.3 Å². The molecule has 0 heterocycles. The van der Waals surface area contributed by atoms with Crippen LogP contribution in [0.15, 0.2) is 18.2 Å². The second kappa shape index (κ2) is 8.43. The number of aryl methyl sites for hydroxylation is 1. The van der Waals surface area contributed by atoms with Crippen molar-refractivity contribution in [2.75, 3.05) is 11.4 Å². The van der Waals surface area contributed by atoms with E-state index in [2.05, 4.69) is 64.6 Å². The summed E-state index contributed by atoms with van der Waals surface area (Å²) in [5, 5.41) is 0. The molecule has 2 heteroatoms. The highest BCUT2D eigenvalue weighted by atomic mass is 15.2. The molecule has 2 nitrogen and oxygen atoms in total. The molecule has 21 heavy (non-hydrogen) atoms. The molecule has 1 rings (SSSR count). The summed E-state index contributed by atoms with van der Waals surface area (Å²) in [4.78, 5) is 2.59. The Morgan fingerprint density at radius 3 is 2.14 bits per heavy atom. The van der Waals surface area contributed by atoms with Crippen molar-refractivity contribution in [2.24, 2.45) is 11.7 Å². The molecule has 120 valence electrons. The first-order chi connectivity index (χ1) is 9.88. The number of benzene rings is 1. The lowest BCUT2D eigenvalue weighted by atomic mass is 9.99. The van der Waals surface area contributed by atoms with Crippen LogP contribution in [0.25, 0.3) is 0 Å². The third-order valence-electron chi connectivity index (χ3n) is 4.14. The van der Waals surface area contributed by atoms with Gasteiger partial charge in [-0.1, -0.05) is 33.8 Å². The fourth-order valence-corrected chi connectivity index (χ4v) is 3.02. The summed E-state index contributed by atoms with van der Waals surface area (Å²) in [6.45, 7) is 14.6. The second-order valence-corrected chi connectivity index (χ2v) is 6.81. The van der Waals surface area contributed by atoms with Crippen LogP contribution in [0, 0.1) is 12.8 Å². The standard InChI is InChI=1S/C19H34N2/c1-7-18(8-2)21(13-14(3)4)19-10-9-17(12-16(6)20)15(5)11-19/h9-11,14,16,18H,7-8,12-13,20H2,1-6H3. The first kappa shape index (κ1) is 18.0. The van der Waals surface area contributed by atoms with Crippen molar-refractivity contribution in [2.45, 2.75) is 72.9 Å². The van der Waals surface area contributed by atoms with E-state index in [0.717, 1.165) is 13.0 Å². The molecule has 0 saturated heterocycles. The third-order valence-corrected chi connectivity index (χ3v) is 4.14. The highest BCUT2D eigenvalue weighted by Crippen LogP contribution is 2.25. The average molecular weight is 290 g/mol. The largest absolute Gasteiger partial charge is 0.368 e. The van der Waals surface area contributed by atoms with Gasteiger partial charge in [0, 0.05) is 24.3 Å². The van der Waals surface area contributed by atoms with Crippen molar-refractivity contribution in [3.63, 3.8) is 0 Å². The molecule has 0 saturated carbocycles. The Labute approximate surface area is 131 Å². The summed E-state index contributed by atoms with van der Waals surface area (Å²) in [5.74, 6) is 0.676. The van der Waals surface area contributed by atoms with Crippen LogP contribution in [0.5, 0.6) is 0 Å². The summed E-state index contributed by atoms with van der Waals surface area (Å²) < 4.78 is 0. The monoisotopic (exact) mass is 290 g/mol. The fraction of sp³-hybridized carbons (Fsp3) is 0.684. The number of nitrogens with zero attached hydrogens (tertiary/aromatic N) is 1. The van der Waals surface area contributed by atoms with E-state index in [4.69, 9.17) is 5.73 Å². The smallest absolute Gasteiger partial charge is 0.0371 e. The van der Waals surface area contributed by atoms with Crippen molar-refractivity contribution >= 4 is 5.69 Å². The van der Waals surface area contributed by atoms with E-state index in [1.165, 1.54) is 29.7 Å². The van der Waals surface area contributed by atoms with E-state index >= 15 is 0 Å². The van der Waals surface area contributed by atoms with Crippen LogP contribution < -0.4 is 10.6 Å². The van der Waals surface area contributed by atoms with Crippen LogP contribution in [0.2, 0.25) is 0 Å². The molecule has 2 N–H and O–H groups in total. The van der Waals surface area contributed by atoms with Crippen LogP contribution in [0.3, 0.4) is 0 Å². The highest BCUT2D eigenvalue weighted by molar-refractivity contribution is 5.52. The molecule has 0 aromatic heterocycles. The van der Waals surface area contributed by atoms with Gasteiger partial charge in [0.1, 0.15) is 0 Å². The van der Waals surface area contributed by atoms with E-state index in [0.29, 0.717) is 12.0 Å². The van der Waals surface area contributed by atoms with Crippen molar-refractivity contribution < 1.29 is 0 Å². The van der Waals surface area contributed by atoms with Crippen LogP contribution in [0.4, 0.5) is 5.69 Å². The van der Waals surface area contributed by atoms with Gasteiger partial charge in [0.25, 0.3) is 0 Å². The molecule has 0 bridgehead atoms. The van der Waals surface area contributed by atoms with Gasteiger partial charge in [0.05, 0.1) is 0 Å². The molecule has 1 aromatic rings. The van der Waals surface area contributed by atoms with Crippen LogP contribution in [0.1, 0.15) is 58.6 Å². The van der Waals surface area contributed by atoms with Gasteiger partial charge in [-0.25, -0.2) is 0 Å². The lowest BCUT2D eigenvalue weighted by molar-refractivity contribution is 0.507. The number of hydrogen-bond acceptors (Lipinski definition) is 2. The quantitative estimate of drug-likeness (QED) is 0.762. The van der Waals surface area contributed by atoms with Gasteiger partial charge in [-0.2, -0.15) is 0 Å². The number of anilines is 1. The maximum atomic E-state index is 5.94. The number of nitrogens with two attached hydrogens (primary N) is 1. The van der Waals surface area contributed by atoms with Crippen molar-refractivity contribution in [1.82, 2.24) is 0 Å².